The molecule has 2 heterocycles. The molecule has 7 nitrogen and oxygen atoms in total. The van der Waals surface area contributed by atoms with Gasteiger partial charge < -0.3 is 10.6 Å². The number of hydrogen-bond acceptors (Lipinski definition) is 6. The van der Waals surface area contributed by atoms with Gasteiger partial charge in [0.05, 0.1) is 17.4 Å². The van der Waals surface area contributed by atoms with E-state index in [-0.39, 0.29) is 35.3 Å². The van der Waals surface area contributed by atoms with Gasteiger partial charge in [-0.3, -0.25) is 15.0 Å². The fraction of sp³-hybridized carbons (Fsp3) is 0.308. The summed E-state index contributed by atoms with van der Waals surface area (Å²) in [4.78, 5) is 28.0. The monoisotopic (exact) mass is 323 g/mol. The first-order valence-electron chi connectivity index (χ1n) is 6.68. The van der Waals surface area contributed by atoms with Crippen molar-refractivity contribution in [2.75, 3.05) is 17.6 Å². The summed E-state index contributed by atoms with van der Waals surface area (Å²) in [5, 5.41) is 5.52. The molecule has 2 aliphatic rings. The van der Waals surface area contributed by atoms with Gasteiger partial charge in [0.25, 0.3) is 0 Å². The van der Waals surface area contributed by atoms with E-state index in [1.165, 1.54) is 12.1 Å². The van der Waals surface area contributed by atoms with Gasteiger partial charge in [0.1, 0.15) is 12.0 Å². The number of amides is 2. The van der Waals surface area contributed by atoms with Gasteiger partial charge in [-0.05, 0) is 12.1 Å². The highest BCUT2D eigenvalue weighted by Gasteiger charge is 2.36. The Morgan fingerprint density at radius 1 is 1.45 bits per heavy atom. The number of carbonyl (C=O) groups excluding carboxylic acids is 2. The minimum Gasteiger partial charge on any atom is -0.323 e. The minimum atomic E-state index is -0.492. The molecule has 0 aromatic heterocycles. The second kappa shape index (κ2) is 6.42. The van der Waals surface area contributed by atoms with Crippen LogP contribution in [0.5, 0.6) is 0 Å². The molecule has 4 N–H and O–H groups in total. The van der Waals surface area contributed by atoms with Crippen molar-refractivity contribution in [3.8, 4) is 0 Å². The van der Waals surface area contributed by atoms with Gasteiger partial charge >= 0.3 is 0 Å². The van der Waals surface area contributed by atoms with Gasteiger partial charge in [-0.1, -0.05) is 23.9 Å². The van der Waals surface area contributed by atoms with Crippen molar-refractivity contribution in [3.63, 3.8) is 0 Å². The quantitative estimate of drug-likeness (QED) is 0.630. The SMILES string of the molecule is O=C(CSC1=NC2NNCC2C(=O)N1)Nc1ccccc1F. The van der Waals surface area contributed by atoms with Crippen molar-refractivity contribution in [1.82, 2.24) is 16.2 Å². The third-order valence-electron chi connectivity index (χ3n) is 3.26. The van der Waals surface area contributed by atoms with Crippen molar-refractivity contribution in [1.29, 1.82) is 0 Å². The van der Waals surface area contributed by atoms with Crippen LogP contribution in [-0.2, 0) is 9.59 Å². The van der Waals surface area contributed by atoms with Crippen LogP contribution >= 0.6 is 11.8 Å². The Bertz CT molecular complexity index is 639. The lowest BCUT2D eigenvalue weighted by Gasteiger charge is -2.21. The number of fused-ring (bicyclic) bond motifs is 1. The van der Waals surface area contributed by atoms with Crippen molar-refractivity contribution in [2.24, 2.45) is 10.9 Å². The lowest BCUT2D eigenvalue weighted by atomic mass is 10.1. The number of amidine groups is 1. The predicted octanol–water partition coefficient (Wildman–Crippen LogP) is 0.0333. The van der Waals surface area contributed by atoms with E-state index in [0.717, 1.165) is 11.8 Å². The van der Waals surface area contributed by atoms with Crippen molar-refractivity contribution in [3.05, 3.63) is 30.1 Å². The highest BCUT2D eigenvalue weighted by atomic mass is 32.2. The standard InChI is InChI=1S/C13H14FN5O2S/c14-8-3-1-2-4-9(8)16-10(20)6-22-13-17-11-7(5-15-19-11)12(21)18-13/h1-4,7,11,15,19H,5-6H2,(H,16,20)(H,17,18,21). The topological polar surface area (TPSA) is 94.6 Å². The van der Waals surface area contributed by atoms with Crippen LogP contribution in [0.15, 0.2) is 29.3 Å². The lowest BCUT2D eigenvalue weighted by Crippen LogP contribution is -2.46. The number of halogens is 1. The lowest BCUT2D eigenvalue weighted by molar-refractivity contribution is -0.123. The number of anilines is 1. The molecule has 2 atom stereocenters. The second-order valence-electron chi connectivity index (χ2n) is 4.82. The Hall–Kier alpha value is -1.97. The molecule has 3 rings (SSSR count). The molecule has 0 spiro atoms. The molecule has 2 aliphatic heterocycles. The van der Waals surface area contributed by atoms with Crippen LogP contribution in [0.2, 0.25) is 0 Å². The van der Waals surface area contributed by atoms with Crippen LogP contribution in [0.3, 0.4) is 0 Å². The van der Waals surface area contributed by atoms with Crippen LogP contribution in [0.1, 0.15) is 0 Å². The molecular formula is C13H14FN5O2S. The summed E-state index contributed by atoms with van der Waals surface area (Å²) in [6.07, 6.45) is -0.314. The van der Waals surface area contributed by atoms with Crippen LogP contribution < -0.4 is 21.5 Å². The number of carbonyl (C=O) groups is 2. The number of para-hydroxylation sites is 1. The summed E-state index contributed by atoms with van der Waals surface area (Å²) in [5.41, 5.74) is 5.89. The van der Waals surface area contributed by atoms with E-state index >= 15 is 0 Å². The first kappa shape index (κ1) is 14.9. The predicted molar refractivity (Wildman–Crippen MR) is 81.5 cm³/mol. The van der Waals surface area contributed by atoms with Crippen molar-refractivity contribution >= 4 is 34.4 Å². The molecule has 0 aliphatic carbocycles. The van der Waals surface area contributed by atoms with E-state index in [2.05, 4.69) is 26.5 Å². The first-order chi connectivity index (χ1) is 10.6. The van der Waals surface area contributed by atoms with Gasteiger partial charge in [0.15, 0.2) is 5.17 Å². The van der Waals surface area contributed by atoms with Crippen LogP contribution in [0, 0.1) is 11.7 Å². The number of rotatable bonds is 3. The summed E-state index contributed by atoms with van der Waals surface area (Å²) in [7, 11) is 0. The zero-order valence-corrected chi connectivity index (χ0v) is 12.2. The Labute approximate surface area is 130 Å². The molecule has 2 amide bonds. The Morgan fingerprint density at radius 3 is 3.09 bits per heavy atom. The Kier molecular flexibility index (Phi) is 4.36. The molecule has 2 unspecified atom stereocenters. The minimum absolute atomic E-state index is 0.0261. The average molecular weight is 323 g/mol. The van der Waals surface area contributed by atoms with Gasteiger partial charge in [0, 0.05) is 6.54 Å². The summed E-state index contributed by atoms with van der Waals surface area (Å²) in [5.74, 6) is -1.20. The number of thioether (sulfide) groups is 1. The van der Waals surface area contributed by atoms with Crippen molar-refractivity contribution in [2.45, 2.75) is 6.17 Å². The van der Waals surface area contributed by atoms with Crippen molar-refractivity contribution < 1.29 is 14.0 Å². The maximum atomic E-state index is 13.4. The molecular weight excluding hydrogens is 309 g/mol. The van der Waals surface area contributed by atoms with Crippen LogP contribution in [-0.4, -0.2) is 35.4 Å². The number of hydrazine groups is 1. The molecule has 1 fully saturated rings. The van der Waals surface area contributed by atoms with E-state index in [9.17, 15) is 14.0 Å². The third-order valence-corrected chi connectivity index (χ3v) is 4.15. The fourth-order valence-electron chi connectivity index (χ4n) is 2.16. The number of nitrogens with one attached hydrogen (secondary N) is 4. The highest BCUT2D eigenvalue weighted by Crippen LogP contribution is 2.18. The van der Waals surface area contributed by atoms with Gasteiger partial charge in [-0.15, -0.1) is 0 Å². The molecule has 1 aromatic carbocycles. The van der Waals surface area contributed by atoms with Crippen LogP contribution in [0.4, 0.5) is 10.1 Å². The normalized spacial score (nSPS) is 23.5. The summed E-state index contributed by atoms with van der Waals surface area (Å²) in [6, 6.07) is 5.94. The number of hydrogen-bond donors (Lipinski definition) is 4. The molecule has 0 saturated carbocycles. The largest absolute Gasteiger partial charge is 0.323 e. The highest BCUT2D eigenvalue weighted by molar-refractivity contribution is 8.14. The zero-order valence-electron chi connectivity index (χ0n) is 11.4. The maximum absolute atomic E-state index is 13.4. The Balaban J connectivity index is 1.55. The second-order valence-corrected chi connectivity index (χ2v) is 5.78. The number of aliphatic imine (C=N–C) groups is 1. The first-order valence-corrected chi connectivity index (χ1v) is 7.66. The van der Waals surface area contributed by atoms with Crippen LogP contribution in [0.25, 0.3) is 0 Å². The summed E-state index contributed by atoms with van der Waals surface area (Å²) in [6.45, 7) is 0.520. The maximum Gasteiger partial charge on any atom is 0.234 e. The smallest absolute Gasteiger partial charge is 0.234 e. The average Bonchev–Trinajstić information content (AvgIpc) is 2.97. The van der Waals surface area contributed by atoms with E-state index < -0.39 is 5.82 Å². The zero-order chi connectivity index (χ0) is 15.5. The summed E-state index contributed by atoms with van der Waals surface area (Å²) >= 11 is 1.10. The van der Waals surface area contributed by atoms with Gasteiger partial charge in [-0.25, -0.2) is 14.8 Å². The molecule has 0 bridgehead atoms. The molecule has 116 valence electrons. The molecule has 9 heteroatoms. The van der Waals surface area contributed by atoms with E-state index in [1.807, 2.05) is 0 Å². The molecule has 0 radical (unpaired) electrons. The van der Waals surface area contributed by atoms with Gasteiger partial charge in [0.2, 0.25) is 11.8 Å². The molecule has 22 heavy (non-hydrogen) atoms. The van der Waals surface area contributed by atoms with Gasteiger partial charge in [-0.2, -0.15) is 0 Å². The number of nitrogens with zero attached hydrogens (tertiary/aromatic N) is 1. The molecule has 1 aromatic rings. The number of benzene rings is 1. The molecule has 1 saturated heterocycles. The van der Waals surface area contributed by atoms with E-state index in [0.29, 0.717) is 11.7 Å². The van der Waals surface area contributed by atoms with E-state index in [1.54, 1.807) is 12.1 Å². The fourth-order valence-corrected chi connectivity index (χ4v) is 2.86. The van der Waals surface area contributed by atoms with E-state index in [4.69, 9.17) is 0 Å². The Morgan fingerprint density at radius 2 is 2.27 bits per heavy atom. The third kappa shape index (κ3) is 3.26. The summed E-state index contributed by atoms with van der Waals surface area (Å²) < 4.78 is 13.4.